The highest BCUT2D eigenvalue weighted by Crippen LogP contribution is 2.60. The Morgan fingerprint density at radius 3 is 2.56 bits per heavy atom. The fourth-order valence-electron chi connectivity index (χ4n) is 2.88. The summed E-state index contributed by atoms with van der Waals surface area (Å²) < 4.78 is 14.2. The molecule has 0 spiro atoms. The van der Waals surface area contributed by atoms with Gasteiger partial charge in [0.25, 0.3) is 0 Å². The molecule has 3 rings (SSSR count). The summed E-state index contributed by atoms with van der Waals surface area (Å²) >= 11 is 0. The zero-order valence-electron chi connectivity index (χ0n) is 9.01. The summed E-state index contributed by atoms with van der Waals surface area (Å²) in [5, 5.41) is 0. The van der Waals surface area contributed by atoms with Crippen molar-refractivity contribution >= 4 is 5.95 Å². The Kier molecular flexibility index (Phi) is 2.10. The molecule has 0 bridgehead atoms. The summed E-state index contributed by atoms with van der Waals surface area (Å²) in [7, 11) is 0. The average Bonchev–Trinajstić information content (AvgIpc) is 2.68. The molecule has 86 valence electrons. The number of anilines is 1. The van der Waals surface area contributed by atoms with Crippen LogP contribution in [0.4, 0.5) is 10.3 Å². The predicted molar refractivity (Wildman–Crippen MR) is 58.7 cm³/mol. The van der Waals surface area contributed by atoms with Gasteiger partial charge in [-0.3, -0.25) is 0 Å². The minimum absolute atomic E-state index is 0.139. The summed E-state index contributed by atoms with van der Waals surface area (Å²) in [4.78, 5) is 10.4. The molecule has 1 aromatic rings. The number of halogens is 1. The lowest BCUT2D eigenvalue weighted by atomic mass is 10.1. The molecule has 1 aromatic heterocycles. The third kappa shape index (κ3) is 1.31. The number of alkyl halides is 1. The minimum Gasteiger partial charge on any atom is -0.340 e. The lowest BCUT2D eigenvalue weighted by Gasteiger charge is -2.21. The van der Waals surface area contributed by atoms with Gasteiger partial charge in [-0.25, -0.2) is 14.4 Å². The monoisotopic (exact) mass is 222 g/mol. The first-order chi connectivity index (χ1) is 7.75. The van der Waals surface area contributed by atoms with Crippen molar-refractivity contribution in [3.8, 4) is 0 Å². The van der Waals surface area contributed by atoms with E-state index in [0.717, 1.165) is 13.1 Å². The maximum Gasteiger partial charge on any atom is 0.225 e. The number of nitrogens with two attached hydrogens (primary N) is 1. The summed E-state index contributed by atoms with van der Waals surface area (Å²) in [6.45, 7) is 1.89. The van der Waals surface area contributed by atoms with E-state index in [1.807, 2.05) is 0 Å². The highest BCUT2D eigenvalue weighted by atomic mass is 19.1. The first-order valence-electron chi connectivity index (χ1n) is 5.66. The van der Waals surface area contributed by atoms with Crippen molar-refractivity contribution in [3.63, 3.8) is 0 Å². The van der Waals surface area contributed by atoms with Gasteiger partial charge in [0.15, 0.2) is 0 Å². The maximum atomic E-state index is 14.2. The van der Waals surface area contributed by atoms with E-state index in [2.05, 4.69) is 14.9 Å². The van der Waals surface area contributed by atoms with Crippen LogP contribution >= 0.6 is 0 Å². The topological polar surface area (TPSA) is 55.0 Å². The highest BCUT2D eigenvalue weighted by Gasteiger charge is 2.69. The molecule has 2 fully saturated rings. The Labute approximate surface area is 93.7 Å². The van der Waals surface area contributed by atoms with E-state index >= 15 is 0 Å². The van der Waals surface area contributed by atoms with Crippen LogP contribution in [0, 0.1) is 11.8 Å². The molecule has 1 aliphatic carbocycles. The molecule has 2 atom stereocenters. The molecular formula is C11H15FN4. The van der Waals surface area contributed by atoms with Crippen LogP contribution in [0.2, 0.25) is 0 Å². The van der Waals surface area contributed by atoms with Crippen LogP contribution in [0.3, 0.4) is 0 Å². The van der Waals surface area contributed by atoms with Gasteiger partial charge in [-0.2, -0.15) is 0 Å². The van der Waals surface area contributed by atoms with Gasteiger partial charge in [0.05, 0.1) is 0 Å². The van der Waals surface area contributed by atoms with Gasteiger partial charge in [0, 0.05) is 37.3 Å². The van der Waals surface area contributed by atoms with Gasteiger partial charge in [0.1, 0.15) is 5.67 Å². The molecule has 1 saturated carbocycles. The highest BCUT2D eigenvalue weighted by molar-refractivity contribution is 5.37. The number of rotatable bonds is 3. The third-order valence-corrected chi connectivity index (χ3v) is 3.81. The van der Waals surface area contributed by atoms with Crippen LogP contribution < -0.4 is 10.6 Å². The number of nitrogens with zero attached hydrogens (tertiary/aromatic N) is 3. The van der Waals surface area contributed by atoms with E-state index in [9.17, 15) is 4.39 Å². The minimum atomic E-state index is -1.000. The van der Waals surface area contributed by atoms with Gasteiger partial charge >= 0.3 is 0 Å². The molecule has 2 N–H and O–H groups in total. The summed E-state index contributed by atoms with van der Waals surface area (Å²) in [5.74, 6) is 0.990. The van der Waals surface area contributed by atoms with Crippen molar-refractivity contribution in [2.75, 3.05) is 24.5 Å². The molecule has 2 heterocycles. The van der Waals surface area contributed by atoms with E-state index in [0.29, 0.717) is 18.9 Å². The largest absolute Gasteiger partial charge is 0.340 e. The first kappa shape index (κ1) is 9.96. The normalized spacial score (nSPS) is 36.2. The van der Waals surface area contributed by atoms with Crippen LogP contribution in [0.15, 0.2) is 18.5 Å². The Balaban J connectivity index is 1.67. The van der Waals surface area contributed by atoms with Crippen LogP contribution in [0.5, 0.6) is 0 Å². The molecule has 1 aliphatic heterocycles. The fourth-order valence-corrected chi connectivity index (χ4v) is 2.88. The number of fused-ring (bicyclic) bond motifs is 1. The fraction of sp³-hybridized carbons (Fsp3) is 0.636. The second kappa shape index (κ2) is 3.38. The van der Waals surface area contributed by atoms with Crippen LogP contribution in [-0.4, -0.2) is 35.3 Å². The van der Waals surface area contributed by atoms with Gasteiger partial charge in [0.2, 0.25) is 5.95 Å². The average molecular weight is 222 g/mol. The standard InChI is InChI=1S/C11H15FN4/c12-11(2-3-13)8-6-16(7-9(8)11)10-14-4-1-5-15-10/h1,4-5,8-9H,2-3,6-7,13H2/t8-,9-/m1/s1. The van der Waals surface area contributed by atoms with Gasteiger partial charge in [-0.15, -0.1) is 0 Å². The van der Waals surface area contributed by atoms with Crippen molar-refractivity contribution in [1.82, 2.24) is 9.97 Å². The summed E-state index contributed by atoms with van der Waals surface area (Å²) in [6, 6.07) is 1.79. The van der Waals surface area contributed by atoms with Crippen molar-refractivity contribution in [1.29, 1.82) is 0 Å². The van der Waals surface area contributed by atoms with Crippen molar-refractivity contribution in [3.05, 3.63) is 18.5 Å². The zero-order chi connectivity index (χ0) is 11.2. The number of hydrogen-bond donors (Lipinski definition) is 1. The van der Waals surface area contributed by atoms with Gasteiger partial charge in [-0.1, -0.05) is 0 Å². The van der Waals surface area contributed by atoms with Gasteiger partial charge in [-0.05, 0) is 19.0 Å². The van der Waals surface area contributed by atoms with E-state index in [4.69, 9.17) is 5.73 Å². The molecule has 0 aromatic carbocycles. The molecule has 16 heavy (non-hydrogen) atoms. The Morgan fingerprint density at radius 1 is 1.38 bits per heavy atom. The molecule has 0 unspecified atom stereocenters. The van der Waals surface area contributed by atoms with Crippen molar-refractivity contribution in [2.24, 2.45) is 17.6 Å². The van der Waals surface area contributed by atoms with Gasteiger partial charge < -0.3 is 10.6 Å². The Hall–Kier alpha value is -1.23. The molecule has 4 nitrogen and oxygen atoms in total. The lowest BCUT2D eigenvalue weighted by molar-refractivity contribution is 0.240. The van der Waals surface area contributed by atoms with E-state index in [1.54, 1.807) is 18.5 Å². The second-order valence-electron chi connectivity index (χ2n) is 4.63. The molecular weight excluding hydrogens is 207 g/mol. The van der Waals surface area contributed by atoms with Crippen LogP contribution in [-0.2, 0) is 0 Å². The third-order valence-electron chi connectivity index (χ3n) is 3.81. The number of piperidine rings is 1. The Bertz CT molecular complexity index is 371. The molecule has 0 radical (unpaired) electrons. The second-order valence-corrected chi connectivity index (χ2v) is 4.63. The number of hydrogen-bond acceptors (Lipinski definition) is 4. The molecule has 0 amide bonds. The maximum absolute atomic E-state index is 14.2. The molecule has 2 aliphatic rings. The van der Waals surface area contributed by atoms with Crippen molar-refractivity contribution in [2.45, 2.75) is 12.1 Å². The summed E-state index contributed by atoms with van der Waals surface area (Å²) in [5.41, 5.74) is 4.43. The predicted octanol–water partition coefficient (Wildman–Crippen LogP) is 0.600. The number of aromatic nitrogens is 2. The van der Waals surface area contributed by atoms with E-state index in [1.165, 1.54) is 0 Å². The lowest BCUT2D eigenvalue weighted by Crippen LogP contribution is -2.31. The molecule has 5 heteroatoms. The quantitative estimate of drug-likeness (QED) is 0.813. The zero-order valence-corrected chi connectivity index (χ0v) is 9.01. The van der Waals surface area contributed by atoms with Crippen LogP contribution in [0.25, 0.3) is 0 Å². The summed E-state index contributed by atoms with van der Waals surface area (Å²) in [6.07, 6.45) is 3.93. The van der Waals surface area contributed by atoms with Crippen LogP contribution in [0.1, 0.15) is 6.42 Å². The Morgan fingerprint density at radius 2 is 2.00 bits per heavy atom. The smallest absolute Gasteiger partial charge is 0.225 e. The van der Waals surface area contributed by atoms with E-state index < -0.39 is 5.67 Å². The molecule has 1 saturated heterocycles. The SMILES string of the molecule is NCCC1(F)[C@@H]2CN(c3ncccn3)C[C@H]21. The van der Waals surface area contributed by atoms with E-state index in [-0.39, 0.29) is 11.8 Å². The van der Waals surface area contributed by atoms with Crippen molar-refractivity contribution < 1.29 is 4.39 Å². The first-order valence-corrected chi connectivity index (χ1v) is 5.66.